The van der Waals surface area contributed by atoms with Gasteiger partial charge in [0.05, 0.1) is 70.2 Å². The van der Waals surface area contributed by atoms with E-state index < -0.39 is 11.2 Å². The highest BCUT2D eigenvalue weighted by Crippen LogP contribution is 2.51. The number of aliphatic hydroxyl groups is 2. The van der Waals surface area contributed by atoms with E-state index in [1.165, 1.54) is 0 Å². The first-order valence-corrected chi connectivity index (χ1v) is 14.8. The van der Waals surface area contributed by atoms with Crippen LogP contribution in [0.15, 0.2) is 0 Å². The molecule has 5 rings (SSSR count). The van der Waals surface area contributed by atoms with E-state index >= 15 is 0 Å². The minimum atomic E-state index is -0.841. The highest BCUT2D eigenvalue weighted by Gasteiger charge is 2.58. The summed E-state index contributed by atoms with van der Waals surface area (Å²) < 4.78 is 33.1. The van der Waals surface area contributed by atoms with Crippen molar-refractivity contribution in [1.29, 1.82) is 0 Å². The Morgan fingerprint density at radius 1 is 0.486 bits per heavy atom. The first-order valence-electron chi connectivity index (χ1n) is 14.8. The van der Waals surface area contributed by atoms with Crippen molar-refractivity contribution in [2.24, 2.45) is 0 Å². The standard InChI is InChI=1S/C30H52O7/c1-25(2,31)19-11-15-29(7,34-19)23-13-17-27(5,36-23)21-9-10-22(33-21)28(6)18-14-24(37-28)30(8)16-12-20(35-30)26(3,4)32/h19-24,31-32H,9-18H2,1-8H3/t19-,20-,21-,22-,23-,24+,27-,28-,29-,30+/m0/s1. The fourth-order valence-electron chi connectivity index (χ4n) is 7.78. The van der Waals surface area contributed by atoms with E-state index in [0.717, 1.165) is 64.2 Å². The highest BCUT2D eigenvalue weighted by atomic mass is 16.6. The second kappa shape index (κ2) is 9.12. The first kappa shape index (κ1) is 28.3. The van der Waals surface area contributed by atoms with Crippen molar-refractivity contribution in [3.05, 3.63) is 0 Å². The van der Waals surface area contributed by atoms with Crippen LogP contribution in [0.1, 0.15) is 120 Å². The summed E-state index contributed by atoms with van der Waals surface area (Å²) in [6.45, 7) is 16.0. The summed E-state index contributed by atoms with van der Waals surface area (Å²) in [5, 5.41) is 20.9. The van der Waals surface area contributed by atoms with Crippen molar-refractivity contribution in [1.82, 2.24) is 0 Å². The van der Waals surface area contributed by atoms with Gasteiger partial charge in [-0.2, -0.15) is 0 Å². The van der Waals surface area contributed by atoms with Gasteiger partial charge in [-0.05, 0) is 120 Å². The SMILES string of the molecule is CC(C)(O)[C@@H]1CC[C@](C)([C@H]2CC[C@@](C)([C@@H]3CC[C@@H]([C@]4(C)CC[C@@H]([C@]5(C)CC[C@@H](C(C)(C)O)O5)O4)O3)O2)O1. The van der Waals surface area contributed by atoms with Gasteiger partial charge in [-0.25, -0.2) is 0 Å². The van der Waals surface area contributed by atoms with Crippen LogP contribution in [0.3, 0.4) is 0 Å². The van der Waals surface area contributed by atoms with Crippen LogP contribution in [-0.2, 0) is 23.7 Å². The molecule has 0 amide bonds. The topological polar surface area (TPSA) is 86.6 Å². The minimum Gasteiger partial charge on any atom is -0.388 e. The van der Waals surface area contributed by atoms with Gasteiger partial charge in [-0.3, -0.25) is 0 Å². The summed E-state index contributed by atoms with van der Waals surface area (Å²) in [5.41, 5.74) is -3.10. The van der Waals surface area contributed by atoms with Gasteiger partial charge in [-0.15, -0.1) is 0 Å². The predicted molar refractivity (Wildman–Crippen MR) is 141 cm³/mol. The fraction of sp³-hybridized carbons (Fsp3) is 1.00. The smallest absolute Gasteiger partial charge is 0.0921 e. The zero-order valence-corrected chi connectivity index (χ0v) is 24.5. The van der Waals surface area contributed by atoms with Gasteiger partial charge in [0.1, 0.15) is 0 Å². The molecule has 0 aliphatic carbocycles. The molecule has 0 aromatic carbocycles. The Bertz CT molecular complexity index is 782. The molecule has 0 spiro atoms. The molecule has 5 aliphatic heterocycles. The van der Waals surface area contributed by atoms with Gasteiger partial charge in [0, 0.05) is 0 Å². The molecule has 0 aromatic heterocycles. The molecule has 5 saturated heterocycles. The molecule has 37 heavy (non-hydrogen) atoms. The lowest BCUT2D eigenvalue weighted by molar-refractivity contribution is -0.214. The van der Waals surface area contributed by atoms with Crippen LogP contribution in [0, 0.1) is 0 Å². The van der Waals surface area contributed by atoms with Crippen molar-refractivity contribution < 1.29 is 33.9 Å². The van der Waals surface area contributed by atoms with Crippen LogP contribution in [0.2, 0.25) is 0 Å². The molecule has 0 radical (unpaired) electrons. The van der Waals surface area contributed by atoms with Crippen molar-refractivity contribution in [3.8, 4) is 0 Å². The Morgan fingerprint density at radius 2 is 0.811 bits per heavy atom. The van der Waals surface area contributed by atoms with Gasteiger partial charge in [0.25, 0.3) is 0 Å². The minimum absolute atomic E-state index is 0.0124. The lowest BCUT2D eigenvalue weighted by atomic mass is 9.89. The molecule has 5 fully saturated rings. The van der Waals surface area contributed by atoms with Crippen LogP contribution >= 0.6 is 0 Å². The molecule has 5 heterocycles. The Labute approximate surface area is 223 Å². The van der Waals surface area contributed by atoms with E-state index in [2.05, 4.69) is 27.7 Å². The van der Waals surface area contributed by atoms with Crippen LogP contribution < -0.4 is 0 Å². The quantitative estimate of drug-likeness (QED) is 0.515. The molecule has 7 heteroatoms. The van der Waals surface area contributed by atoms with Crippen LogP contribution in [-0.4, -0.2) is 80.4 Å². The normalized spacial score (nSPS) is 51.4. The van der Waals surface area contributed by atoms with Gasteiger partial charge in [0.15, 0.2) is 0 Å². The van der Waals surface area contributed by atoms with Crippen molar-refractivity contribution in [3.63, 3.8) is 0 Å². The molecule has 5 aliphatic rings. The summed E-state index contributed by atoms with van der Waals surface area (Å²) in [4.78, 5) is 0. The van der Waals surface area contributed by atoms with Gasteiger partial charge >= 0.3 is 0 Å². The maximum absolute atomic E-state index is 10.5. The van der Waals surface area contributed by atoms with E-state index in [1.54, 1.807) is 0 Å². The molecule has 10 atom stereocenters. The average molecular weight is 525 g/mol. The monoisotopic (exact) mass is 524 g/mol. The number of rotatable bonds is 6. The molecule has 2 N–H and O–H groups in total. The maximum atomic E-state index is 10.5. The molecule has 0 unspecified atom stereocenters. The number of hydrogen-bond acceptors (Lipinski definition) is 7. The second-order valence-corrected chi connectivity index (χ2v) is 14.8. The lowest BCUT2D eigenvalue weighted by Gasteiger charge is -2.39. The predicted octanol–water partition coefficient (Wildman–Crippen LogP) is 4.83. The summed E-state index contributed by atoms with van der Waals surface area (Å²) >= 11 is 0. The summed E-state index contributed by atoms with van der Waals surface area (Å²) in [5.74, 6) is 0. The Kier molecular flexibility index (Phi) is 6.96. The Balaban J connectivity index is 1.18. The molecule has 0 aromatic rings. The summed E-state index contributed by atoms with van der Waals surface area (Å²) in [6.07, 6.45) is 9.04. The van der Waals surface area contributed by atoms with E-state index in [9.17, 15) is 10.2 Å². The van der Waals surface area contributed by atoms with Crippen LogP contribution in [0.25, 0.3) is 0 Å². The Morgan fingerprint density at radius 3 is 1.14 bits per heavy atom. The van der Waals surface area contributed by atoms with Crippen molar-refractivity contribution in [2.45, 2.75) is 190 Å². The highest BCUT2D eigenvalue weighted by molar-refractivity contribution is 5.07. The van der Waals surface area contributed by atoms with Crippen LogP contribution in [0.4, 0.5) is 0 Å². The molecule has 0 saturated carbocycles. The average Bonchev–Trinajstić information content (AvgIpc) is 3.57. The molecule has 214 valence electrons. The van der Waals surface area contributed by atoms with E-state index in [-0.39, 0.29) is 59.0 Å². The second-order valence-electron chi connectivity index (χ2n) is 14.8. The largest absolute Gasteiger partial charge is 0.388 e. The van der Waals surface area contributed by atoms with Crippen LogP contribution in [0.5, 0.6) is 0 Å². The zero-order chi connectivity index (χ0) is 27.1. The molecule has 0 bridgehead atoms. The Hall–Kier alpha value is -0.280. The fourth-order valence-corrected chi connectivity index (χ4v) is 7.78. The third kappa shape index (κ3) is 5.16. The first-order chi connectivity index (χ1) is 17.0. The van der Waals surface area contributed by atoms with E-state index in [1.807, 2.05) is 27.7 Å². The maximum Gasteiger partial charge on any atom is 0.0921 e. The van der Waals surface area contributed by atoms with Gasteiger partial charge in [-0.1, -0.05) is 0 Å². The van der Waals surface area contributed by atoms with Gasteiger partial charge in [0.2, 0.25) is 0 Å². The summed E-state index contributed by atoms with van der Waals surface area (Å²) in [6, 6.07) is 0. The third-order valence-corrected chi connectivity index (χ3v) is 10.6. The summed E-state index contributed by atoms with van der Waals surface area (Å²) in [7, 11) is 0. The number of hydrogen-bond donors (Lipinski definition) is 2. The lowest BCUT2D eigenvalue weighted by Crippen LogP contribution is -2.48. The zero-order valence-electron chi connectivity index (χ0n) is 24.5. The van der Waals surface area contributed by atoms with Gasteiger partial charge < -0.3 is 33.9 Å². The molecular formula is C30H52O7. The van der Waals surface area contributed by atoms with Crippen molar-refractivity contribution in [2.75, 3.05) is 0 Å². The molecule has 7 nitrogen and oxygen atoms in total. The molecular weight excluding hydrogens is 472 g/mol. The van der Waals surface area contributed by atoms with Crippen molar-refractivity contribution >= 4 is 0 Å². The van der Waals surface area contributed by atoms with E-state index in [4.69, 9.17) is 23.7 Å². The third-order valence-electron chi connectivity index (χ3n) is 10.6. The number of ether oxygens (including phenoxy) is 5. The van der Waals surface area contributed by atoms with E-state index in [0.29, 0.717) is 0 Å².